The molecule has 0 aliphatic carbocycles. The summed E-state index contributed by atoms with van der Waals surface area (Å²) in [6.45, 7) is 11.8. The number of thiophene rings is 2. The van der Waals surface area contributed by atoms with Gasteiger partial charge in [-0.25, -0.2) is 16.8 Å². The van der Waals surface area contributed by atoms with Crippen molar-refractivity contribution in [1.29, 1.82) is 0 Å². The van der Waals surface area contributed by atoms with Crippen LogP contribution in [0.2, 0.25) is 0 Å². The number of sulfonamides is 2. The molecule has 0 radical (unpaired) electrons. The molecule has 0 saturated carbocycles. The molecule has 8 rings (SSSR count). The number of methoxy groups -OCH3 is 1. The molecule has 0 unspecified atom stereocenters. The van der Waals surface area contributed by atoms with Crippen molar-refractivity contribution in [2.75, 3.05) is 52.5 Å². The van der Waals surface area contributed by atoms with Gasteiger partial charge >= 0.3 is 0 Å². The molecule has 2 aliphatic heterocycles. The van der Waals surface area contributed by atoms with E-state index in [1.54, 1.807) is 47.9 Å². The Morgan fingerprint density at radius 2 is 1.31 bits per heavy atom. The zero-order valence-electron chi connectivity index (χ0n) is 34.6. The number of piperazine rings is 2. The average molecular weight is 902 g/mol. The van der Waals surface area contributed by atoms with Crippen LogP contribution in [0.1, 0.15) is 27.7 Å². The second kappa shape index (κ2) is 18.8. The SMILES string of the molecule is COc1ccc(N2C[C@@H](C)N[C@@H](C)C2)cc1NS(=O)(=O)c1ccc(-c2ccsc2)cc1.C[C@@H]1CN(c2ccc(O)c(NS(=O)(=O)c3ccc(-c4ccccn4)s3)c2)C[C@H](C)N1. The molecule has 2 aliphatic rings. The number of anilines is 4. The molecule has 61 heavy (non-hydrogen) atoms. The van der Waals surface area contributed by atoms with Gasteiger partial charge in [0.15, 0.2) is 0 Å². The standard InChI is InChI=1S/C23H27N3O3S2.C21H24N4O3S2/c1-16-13-26(14-17(2)24-16)20-6-9-23(29-3)22(12-20)25-31(27,28)21-7-4-18(5-8-21)19-10-11-30-15-19;1-14-12-25(13-15(2)23-14)16-6-7-19(26)18(11-16)24-30(27,28)21-9-8-20(29-21)17-5-3-4-10-22-17/h4-12,15-17,24-25H,13-14H2,1-3H3;3-11,14-15,23-24,26H,12-13H2,1-2H3/t16-,17+;14-,15+. The first kappa shape index (κ1) is 43.9. The first-order chi connectivity index (χ1) is 29.2. The minimum absolute atomic E-state index is 0.111. The maximum absolute atomic E-state index is 13.1. The highest BCUT2D eigenvalue weighted by Gasteiger charge is 2.25. The number of hydrogen-bond acceptors (Lipinski definition) is 13. The van der Waals surface area contributed by atoms with Crippen molar-refractivity contribution in [3.8, 4) is 33.2 Å². The molecule has 3 aromatic heterocycles. The van der Waals surface area contributed by atoms with Gasteiger partial charge in [-0.2, -0.15) is 11.3 Å². The van der Waals surface area contributed by atoms with Gasteiger partial charge in [-0.15, -0.1) is 11.3 Å². The number of rotatable bonds is 11. The number of phenols is 1. The maximum Gasteiger partial charge on any atom is 0.271 e. The van der Waals surface area contributed by atoms with Gasteiger partial charge in [-0.1, -0.05) is 18.2 Å². The van der Waals surface area contributed by atoms with E-state index in [0.717, 1.165) is 70.6 Å². The molecule has 5 heterocycles. The molecular weight excluding hydrogens is 851 g/mol. The first-order valence-electron chi connectivity index (χ1n) is 19.9. The molecule has 4 atom stereocenters. The van der Waals surface area contributed by atoms with Crippen LogP contribution in [0.25, 0.3) is 21.7 Å². The van der Waals surface area contributed by atoms with E-state index in [-0.39, 0.29) is 20.5 Å². The number of hydrogen-bond donors (Lipinski definition) is 5. The lowest BCUT2D eigenvalue weighted by molar-refractivity contribution is 0.406. The van der Waals surface area contributed by atoms with E-state index >= 15 is 0 Å². The van der Waals surface area contributed by atoms with Crippen molar-refractivity contribution in [3.05, 3.63) is 114 Å². The van der Waals surface area contributed by atoms with E-state index < -0.39 is 20.0 Å². The van der Waals surface area contributed by atoms with Gasteiger partial charge < -0.3 is 30.3 Å². The van der Waals surface area contributed by atoms with Crippen LogP contribution < -0.4 is 34.6 Å². The van der Waals surface area contributed by atoms with Gasteiger partial charge in [-0.3, -0.25) is 14.4 Å². The summed E-state index contributed by atoms with van der Waals surface area (Å²) >= 11 is 2.75. The number of pyridine rings is 1. The van der Waals surface area contributed by atoms with Gasteiger partial charge in [0, 0.05) is 67.9 Å². The minimum atomic E-state index is -3.84. The molecule has 0 spiro atoms. The fourth-order valence-corrected chi connectivity index (χ4v) is 11.7. The van der Waals surface area contributed by atoms with Crippen LogP contribution >= 0.6 is 22.7 Å². The van der Waals surface area contributed by atoms with Gasteiger partial charge in [0.25, 0.3) is 20.0 Å². The second-order valence-electron chi connectivity index (χ2n) is 15.4. The Morgan fingerprint density at radius 1 is 0.705 bits per heavy atom. The van der Waals surface area contributed by atoms with Gasteiger partial charge in [-0.05, 0) is 128 Å². The predicted molar refractivity (Wildman–Crippen MR) is 249 cm³/mol. The average Bonchev–Trinajstić information content (AvgIpc) is 3.96. The van der Waals surface area contributed by atoms with E-state index in [9.17, 15) is 21.9 Å². The van der Waals surface area contributed by atoms with Crippen molar-refractivity contribution in [1.82, 2.24) is 15.6 Å². The monoisotopic (exact) mass is 901 g/mol. The zero-order chi connectivity index (χ0) is 43.3. The molecule has 322 valence electrons. The molecular formula is C44H51N7O6S4. The summed E-state index contributed by atoms with van der Waals surface area (Å²) in [5.41, 5.74) is 5.21. The Kier molecular flexibility index (Phi) is 13.6. The van der Waals surface area contributed by atoms with Crippen molar-refractivity contribution in [3.63, 3.8) is 0 Å². The number of nitrogens with zero attached hydrogens (tertiary/aromatic N) is 3. The number of nitrogens with one attached hydrogen (secondary N) is 4. The molecule has 0 bridgehead atoms. The molecule has 17 heteroatoms. The van der Waals surface area contributed by atoms with Crippen LogP contribution in [0.15, 0.2) is 123 Å². The Balaban J connectivity index is 0.000000184. The van der Waals surface area contributed by atoms with Gasteiger partial charge in [0.2, 0.25) is 0 Å². The number of ether oxygens (including phenoxy) is 1. The molecule has 0 amide bonds. The third-order valence-electron chi connectivity index (χ3n) is 10.3. The zero-order valence-corrected chi connectivity index (χ0v) is 37.8. The van der Waals surface area contributed by atoms with E-state index in [1.165, 1.54) is 13.2 Å². The van der Waals surface area contributed by atoms with Crippen molar-refractivity contribution >= 4 is 65.5 Å². The molecule has 6 aromatic rings. The Bertz CT molecular complexity index is 2610. The van der Waals surface area contributed by atoms with E-state index in [2.05, 4.69) is 62.6 Å². The van der Waals surface area contributed by atoms with Crippen LogP contribution in [0.4, 0.5) is 22.7 Å². The van der Waals surface area contributed by atoms with E-state index in [0.29, 0.717) is 35.6 Å². The molecule has 2 saturated heterocycles. The fourth-order valence-electron chi connectivity index (χ4n) is 7.61. The smallest absolute Gasteiger partial charge is 0.271 e. The summed E-state index contributed by atoms with van der Waals surface area (Å²) in [6.07, 6.45) is 1.67. The Hall–Kier alpha value is -5.17. The largest absolute Gasteiger partial charge is 0.506 e. The molecule has 3 aromatic carbocycles. The predicted octanol–water partition coefficient (Wildman–Crippen LogP) is 7.91. The summed E-state index contributed by atoms with van der Waals surface area (Å²) in [5.74, 6) is 0.374. The molecule has 5 N–H and O–H groups in total. The van der Waals surface area contributed by atoms with Gasteiger partial charge in [0.1, 0.15) is 15.7 Å². The lowest BCUT2D eigenvalue weighted by atomic mass is 10.1. The number of phenolic OH excluding ortho intramolecular Hbond substituents is 1. The normalized spacial score (nSPS) is 19.4. The minimum Gasteiger partial charge on any atom is -0.506 e. The van der Waals surface area contributed by atoms with Crippen molar-refractivity contribution in [2.24, 2.45) is 0 Å². The third kappa shape index (κ3) is 10.8. The fraction of sp³-hybridized carbons (Fsp3) is 0.295. The van der Waals surface area contributed by atoms with Crippen LogP contribution in [0.3, 0.4) is 0 Å². The Morgan fingerprint density at radius 3 is 1.89 bits per heavy atom. The summed E-state index contributed by atoms with van der Waals surface area (Å²) in [6, 6.07) is 29.7. The van der Waals surface area contributed by atoms with Gasteiger partial charge in [0.05, 0.1) is 34.0 Å². The number of aromatic hydroxyl groups is 1. The number of aromatic nitrogens is 1. The lowest BCUT2D eigenvalue weighted by Gasteiger charge is -2.38. The highest BCUT2D eigenvalue weighted by atomic mass is 32.2. The van der Waals surface area contributed by atoms with Crippen LogP contribution in [0.5, 0.6) is 11.5 Å². The third-order valence-corrected chi connectivity index (χ3v) is 15.3. The first-order valence-corrected chi connectivity index (χ1v) is 24.6. The highest BCUT2D eigenvalue weighted by molar-refractivity contribution is 7.94. The molecule has 2 fully saturated rings. The summed E-state index contributed by atoms with van der Waals surface area (Å²) in [5, 5.41) is 21.3. The van der Waals surface area contributed by atoms with Crippen LogP contribution in [-0.4, -0.2) is 84.4 Å². The quantitative estimate of drug-likeness (QED) is 0.0803. The van der Waals surface area contributed by atoms with Crippen molar-refractivity contribution < 1.29 is 26.7 Å². The second-order valence-corrected chi connectivity index (χ2v) is 20.9. The summed E-state index contributed by atoms with van der Waals surface area (Å²) < 4.78 is 62.9. The topological polar surface area (TPSA) is 165 Å². The molecule has 13 nitrogen and oxygen atoms in total. The van der Waals surface area contributed by atoms with E-state index in [4.69, 9.17) is 4.74 Å². The summed E-state index contributed by atoms with van der Waals surface area (Å²) in [7, 11) is -6.06. The van der Waals surface area contributed by atoms with Crippen LogP contribution in [-0.2, 0) is 20.0 Å². The van der Waals surface area contributed by atoms with E-state index in [1.807, 2.05) is 71.4 Å². The highest BCUT2D eigenvalue weighted by Crippen LogP contribution is 2.36. The summed E-state index contributed by atoms with van der Waals surface area (Å²) in [4.78, 5) is 9.69. The maximum atomic E-state index is 13.1. The van der Waals surface area contributed by atoms with Crippen molar-refractivity contribution in [2.45, 2.75) is 61.0 Å². The lowest BCUT2D eigenvalue weighted by Crippen LogP contribution is -2.54. The Labute approximate surface area is 366 Å². The number of benzene rings is 3. The van der Waals surface area contributed by atoms with Crippen LogP contribution in [0, 0.1) is 0 Å².